The molecular formula is C18H40N2O5Si2. The van der Waals surface area contributed by atoms with Crippen LogP contribution in [-0.4, -0.2) is 59.1 Å². The smallest absolute Gasteiger partial charge is 0.391 e. The third-order valence-electron chi connectivity index (χ3n) is 4.11. The normalized spacial score (nSPS) is 13.0. The number of hydrogen-bond donors (Lipinski definition) is 2. The highest BCUT2D eigenvalue weighted by atomic mass is 28.5. The van der Waals surface area contributed by atoms with Crippen LogP contribution in [0.15, 0.2) is 24.6 Å². The number of allylic oxidation sites excluding steroid dienone is 2. The molecule has 0 radical (unpaired) electrons. The number of hydrogen-bond acceptors (Lipinski definition) is 7. The summed E-state index contributed by atoms with van der Waals surface area (Å²) in [6.07, 6.45) is 11.9. The van der Waals surface area contributed by atoms with Crippen LogP contribution in [-0.2, 0) is 21.8 Å². The van der Waals surface area contributed by atoms with E-state index in [0.29, 0.717) is 12.1 Å². The third-order valence-corrected chi connectivity index (χ3v) is 11.0. The maximum atomic E-state index is 6.38. The zero-order valence-corrected chi connectivity index (χ0v) is 20.0. The van der Waals surface area contributed by atoms with Gasteiger partial charge in [0.15, 0.2) is 0 Å². The Bertz CT molecular complexity index is 367. The fourth-order valence-electron chi connectivity index (χ4n) is 2.46. The molecule has 0 saturated carbocycles. The van der Waals surface area contributed by atoms with E-state index in [1.54, 1.807) is 28.4 Å². The highest BCUT2D eigenvalue weighted by molar-refractivity contribution is 6.74. The lowest BCUT2D eigenvalue weighted by Gasteiger charge is -2.35. The first-order chi connectivity index (χ1) is 13.1. The van der Waals surface area contributed by atoms with Gasteiger partial charge < -0.3 is 32.5 Å². The van der Waals surface area contributed by atoms with Crippen LogP contribution in [0, 0.1) is 0 Å². The van der Waals surface area contributed by atoms with Crippen molar-refractivity contribution in [3.63, 3.8) is 0 Å². The Balaban J connectivity index is 4.73. The van der Waals surface area contributed by atoms with Crippen molar-refractivity contribution in [3.05, 3.63) is 24.6 Å². The minimum atomic E-state index is -2.86. The van der Waals surface area contributed by atoms with Gasteiger partial charge in [-0.05, 0) is 38.1 Å². The Hall–Kier alpha value is -0.686. The first-order valence-electron chi connectivity index (χ1n) is 9.75. The molecule has 9 heteroatoms. The van der Waals surface area contributed by atoms with Crippen molar-refractivity contribution in [2.45, 2.75) is 51.6 Å². The predicted molar refractivity (Wildman–Crippen MR) is 114 cm³/mol. The third kappa shape index (κ3) is 11.0. The van der Waals surface area contributed by atoms with E-state index < -0.39 is 17.6 Å². The Morgan fingerprint density at radius 2 is 1.04 bits per heavy atom. The van der Waals surface area contributed by atoms with E-state index in [-0.39, 0.29) is 0 Å². The molecular weight excluding hydrogens is 380 g/mol. The van der Waals surface area contributed by atoms with Crippen LogP contribution in [0.4, 0.5) is 0 Å². The van der Waals surface area contributed by atoms with Gasteiger partial charge in [-0.2, -0.15) is 0 Å². The van der Waals surface area contributed by atoms with Crippen molar-refractivity contribution in [3.8, 4) is 0 Å². The fourth-order valence-corrected chi connectivity index (χ4v) is 8.88. The van der Waals surface area contributed by atoms with E-state index in [1.807, 2.05) is 12.4 Å². The van der Waals surface area contributed by atoms with Crippen LogP contribution < -0.4 is 10.6 Å². The van der Waals surface area contributed by atoms with Crippen molar-refractivity contribution in [1.29, 1.82) is 0 Å². The molecule has 0 atom stereocenters. The Labute approximate surface area is 168 Å². The molecule has 0 aromatic carbocycles. The molecule has 0 aliphatic carbocycles. The van der Waals surface area contributed by atoms with Gasteiger partial charge in [0.1, 0.15) is 0 Å². The van der Waals surface area contributed by atoms with Crippen LogP contribution >= 0.6 is 0 Å². The van der Waals surface area contributed by atoms with Crippen molar-refractivity contribution in [2.75, 3.05) is 41.5 Å². The van der Waals surface area contributed by atoms with Crippen molar-refractivity contribution < 1.29 is 21.8 Å². The zero-order chi connectivity index (χ0) is 20.4. The summed E-state index contributed by atoms with van der Waals surface area (Å²) in [5, 5.41) is 6.53. The van der Waals surface area contributed by atoms with Gasteiger partial charge in [0.2, 0.25) is 0 Å². The van der Waals surface area contributed by atoms with Crippen molar-refractivity contribution in [1.82, 2.24) is 10.6 Å². The highest BCUT2D eigenvalue weighted by Crippen LogP contribution is 2.26. The summed E-state index contributed by atoms with van der Waals surface area (Å²) in [6, 6.07) is 1.40. The lowest BCUT2D eigenvalue weighted by molar-refractivity contribution is 0.0860. The first kappa shape index (κ1) is 26.3. The van der Waals surface area contributed by atoms with Crippen LogP contribution in [0.3, 0.4) is 0 Å². The van der Waals surface area contributed by atoms with Crippen molar-refractivity contribution in [2.24, 2.45) is 0 Å². The number of nitrogens with one attached hydrogen (secondary N) is 2. The molecule has 27 heavy (non-hydrogen) atoms. The van der Waals surface area contributed by atoms with Gasteiger partial charge in [-0.25, -0.2) is 0 Å². The second-order valence-corrected chi connectivity index (χ2v) is 12.2. The Morgan fingerprint density at radius 1 is 0.667 bits per heavy atom. The van der Waals surface area contributed by atoms with Crippen LogP contribution in [0.1, 0.15) is 39.5 Å². The molecule has 160 valence electrons. The van der Waals surface area contributed by atoms with E-state index in [1.165, 1.54) is 0 Å². The van der Waals surface area contributed by atoms with Crippen LogP contribution in [0.25, 0.3) is 0 Å². The molecule has 0 rings (SSSR count). The largest absolute Gasteiger partial charge is 0.493 e. The van der Waals surface area contributed by atoms with Gasteiger partial charge in [0.05, 0.1) is 0 Å². The van der Waals surface area contributed by atoms with E-state index in [0.717, 1.165) is 38.8 Å². The van der Waals surface area contributed by atoms with Gasteiger partial charge >= 0.3 is 17.6 Å². The fraction of sp³-hybridized carbons (Fsp3) is 0.778. The van der Waals surface area contributed by atoms with Gasteiger partial charge in [-0.15, -0.1) is 0 Å². The molecule has 0 aromatic heterocycles. The van der Waals surface area contributed by atoms with Gasteiger partial charge in [-0.1, -0.05) is 26.0 Å². The lowest BCUT2D eigenvalue weighted by atomic mass is 10.4. The molecule has 0 unspecified atom stereocenters. The quantitative estimate of drug-likeness (QED) is 0.260. The molecule has 7 nitrogen and oxygen atoms in total. The molecule has 2 N–H and O–H groups in total. The van der Waals surface area contributed by atoms with E-state index in [2.05, 4.69) is 36.6 Å². The molecule has 0 saturated heterocycles. The average Bonchev–Trinajstić information content (AvgIpc) is 2.71. The van der Waals surface area contributed by atoms with Gasteiger partial charge in [0, 0.05) is 53.6 Å². The van der Waals surface area contributed by atoms with Crippen LogP contribution in [0.5, 0.6) is 0 Å². The van der Waals surface area contributed by atoms with Crippen molar-refractivity contribution >= 4 is 17.6 Å². The molecule has 0 fully saturated rings. The highest BCUT2D eigenvalue weighted by Gasteiger charge is 2.51. The molecule has 0 bridgehead atoms. The SMILES string of the molecule is CCC=CNCCC[Si](OC)(OC)O[Si](CCCNC=CCC)(OC)OC. The second kappa shape index (κ2) is 16.3. The molecule has 0 aromatic rings. The van der Waals surface area contributed by atoms with E-state index >= 15 is 0 Å². The minimum Gasteiger partial charge on any atom is -0.391 e. The summed E-state index contributed by atoms with van der Waals surface area (Å²) >= 11 is 0. The summed E-state index contributed by atoms with van der Waals surface area (Å²) in [6.45, 7) is 5.89. The lowest BCUT2D eigenvalue weighted by Crippen LogP contribution is -2.57. The predicted octanol–water partition coefficient (Wildman–Crippen LogP) is 3.27. The number of rotatable bonds is 18. The summed E-state index contributed by atoms with van der Waals surface area (Å²) in [5.74, 6) is 0. The maximum absolute atomic E-state index is 6.38. The van der Waals surface area contributed by atoms with E-state index in [4.69, 9.17) is 21.8 Å². The standard InChI is InChI=1S/C18H40N2O5Si2/c1-7-9-13-19-15-11-17-26(21-3,22-4)25-27(23-5,24-6)18-12-16-20-14-10-8-2/h9-10,13-14,19-20H,7-8,11-12,15-18H2,1-6H3. The monoisotopic (exact) mass is 420 g/mol. The average molecular weight is 421 g/mol. The summed E-state index contributed by atoms with van der Waals surface area (Å²) < 4.78 is 29.3. The topological polar surface area (TPSA) is 70.2 Å². The zero-order valence-electron chi connectivity index (χ0n) is 18.0. The molecule has 0 spiro atoms. The Kier molecular flexibility index (Phi) is 15.9. The van der Waals surface area contributed by atoms with Crippen LogP contribution in [0.2, 0.25) is 12.1 Å². The summed E-state index contributed by atoms with van der Waals surface area (Å²) in [4.78, 5) is 0. The van der Waals surface area contributed by atoms with Gasteiger partial charge in [-0.3, -0.25) is 0 Å². The summed E-state index contributed by atoms with van der Waals surface area (Å²) in [7, 11) is 0.848. The molecule has 0 aliphatic heterocycles. The molecule has 0 heterocycles. The van der Waals surface area contributed by atoms with E-state index in [9.17, 15) is 0 Å². The first-order valence-corrected chi connectivity index (χ1v) is 13.6. The maximum Gasteiger partial charge on any atom is 0.493 e. The Morgan fingerprint density at radius 3 is 1.33 bits per heavy atom. The molecule has 0 aliphatic rings. The minimum absolute atomic E-state index is 0.700. The molecule has 0 amide bonds. The second-order valence-electron chi connectivity index (χ2n) is 6.02. The summed E-state index contributed by atoms with van der Waals surface area (Å²) in [5.41, 5.74) is 0. The van der Waals surface area contributed by atoms with Gasteiger partial charge in [0.25, 0.3) is 0 Å².